The Bertz CT molecular complexity index is 310. The first-order valence-corrected chi connectivity index (χ1v) is 11.8. The van der Waals surface area contributed by atoms with Crippen LogP contribution in [-0.4, -0.2) is 30.8 Å². The van der Waals surface area contributed by atoms with Crippen molar-refractivity contribution in [2.24, 2.45) is 0 Å². The Morgan fingerprint density at radius 2 is 0.926 bits per heavy atom. The Balaban J connectivity index is 3.27. The second kappa shape index (κ2) is 16.9. The number of aliphatic hydroxyl groups is 1. The van der Waals surface area contributed by atoms with Gasteiger partial charge in [-0.25, -0.2) is 0 Å². The second-order valence-electron chi connectivity index (χ2n) is 9.70. The summed E-state index contributed by atoms with van der Waals surface area (Å²) in [6.07, 6.45) is 22.4. The van der Waals surface area contributed by atoms with Crippen LogP contribution >= 0.6 is 0 Å². The minimum atomic E-state index is -0.734. The summed E-state index contributed by atoms with van der Waals surface area (Å²) in [7, 11) is 5.51. The largest absolute Gasteiger partial charge is 0.388 e. The molecule has 0 aromatic rings. The van der Waals surface area contributed by atoms with E-state index in [1.165, 1.54) is 96.3 Å². The quantitative estimate of drug-likeness (QED) is 0.176. The highest BCUT2D eigenvalue weighted by Gasteiger charge is 2.22. The molecule has 0 fully saturated rings. The summed E-state index contributed by atoms with van der Waals surface area (Å²) < 4.78 is 5.86. The topological polar surface area (TPSA) is 29.5 Å². The van der Waals surface area contributed by atoms with E-state index < -0.39 is 5.60 Å². The van der Waals surface area contributed by atoms with E-state index in [1.54, 1.807) is 13.8 Å². The van der Waals surface area contributed by atoms with E-state index in [1.807, 2.05) is 0 Å². The second-order valence-corrected chi connectivity index (χ2v) is 9.70. The molecule has 2 radical (unpaired) electrons. The van der Waals surface area contributed by atoms with Gasteiger partial charge in [-0.05, 0) is 34.1 Å². The average Bonchev–Trinajstić information content (AvgIpc) is 2.59. The fourth-order valence-corrected chi connectivity index (χ4v) is 3.44. The molecule has 0 aromatic heterocycles. The van der Waals surface area contributed by atoms with Gasteiger partial charge in [-0.15, -0.1) is 0 Å². The summed E-state index contributed by atoms with van der Waals surface area (Å²) in [5.41, 5.74) is -0.855. The number of hydrogen-bond donors (Lipinski definition) is 1. The predicted octanol–water partition coefficient (Wildman–Crippen LogP) is 7.38. The summed E-state index contributed by atoms with van der Waals surface area (Å²) >= 11 is 0. The van der Waals surface area contributed by atoms with E-state index in [0.717, 1.165) is 12.7 Å². The van der Waals surface area contributed by atoms with E-state index in [0.29, 0.717) is 6.61 Å². The highest BCUT2D eigenvalue weighted by molar-refractivity contribution is 6.08. The molecule has 0 saturated heterocycles. The van der Waals surface area contributed by atoms with Gasteiger partial charge in [0, 0.05) is 0 Å². The van der Waals surface area contributed by atoms with Gasteiger partial charge in [0.2, 0.25) is 0 Å². The maximum absolute atomic E-state index is 9.76. The molecule has 0 heterocycles. The number of ether oxygens (including phenoxy) is 1. The van der Waals surface area contributed by atoms with Gasteiger partial charge in [0.25, 0.3) is 0 Å². The SMILES string of the molecule is [B]CCCCCCCCCCCCCCCCCC(C)(C)OCC(C)(C)O. The van der Waals surface area contributed by atoms with Crippen molar-refractivity contribution in [1.82, 2.24) is 0 Å². The van der Waals surface area contributed by atoms with E-state index in [4.69, 9.17) is 12.6 Å². The molecular weight excluding hydrogens is 331 g/mol. The molecule has 0 spiro atoms. The molecule has 27 heavy (non-hydrogen) atoms. The van der Waals surface area contributed by atoms with Crippen LogP contribution in [-0.2, 0) is 4.74 Å². The number of rotatable bonds is 20. The smallest absolute Gasteiger partial charge is 0.0824 e. The number of hydrogen-bond acceptors (Lipinski definition) is 2. The van der Waals surface area contributed by atoms with Gasteiger partial charge >= 0.3 is 0 Å². The van der Waals surface area contributed by atoms with Crippen LogP contribution in [0.3, 0.4) is 0 Å². The first kappa shape index (κ1) is 27.0. The predicted molar refractivity (Wildman–Crippen MR) is 121 cm³/mol. The molecule has 0 atom stereocenters. The van der Waals surface area contributed by atoms with Crippen LogP contribution in [0, 0.1) is 0 Å². The molecule has 0 unspecified atom stereocenters. The third kappa shape index (κ3) is 22.1. The van der Waals surface area contributed by atoms with Crippen LogP contribution in [0.1, 0.15) is 130 Å². The lowest BCUT2D eigenvalue weighted by Gasteiger charge is -2.29. The lowest BCUT2D eigenvalue weighted by molar-refractivity contribution is -0.0946. The zero-order chi connectivity index (χ0) is 20.4. The molecule has 0 rings (SSSR count). The van der Waals surface area contributed by atoms with Gasteiger partial charge < -0.3 is 9.84 Å². The lowest BCUT2D eigenvalue weighted by Crippen LogP contribution is -2.34. The van der Waals surface area contributed by atoms with Gasteiger partial charge in [0.15, 0.2) is 0 Å². The first-order valence-electron chi connectivity index (χ1n) is 11.8. The van der Waals surface area contributed by atoms with Crippen molar-refractivity contribution in [3.8, 4) is 0 Å². The molecule has 2 nitrogen and oxygen atoms in total. The molecule has 0 aromatic carbocycles. The lowest BCUT2D eigenvalue weighted by atomic mass is 9.98. The van der Waals surface area contributed by atoms with Gasteiger partial charge in [-0.2, -0.15) is 0 Å². The summed E-state index contributed by atoms with van der Waals surface area (Å²) in [5, 5.41) is 9.76. The highest BCUT2D eigenvalue weighted by atomic mass is 16.5. The Morgan fingerprint density at radius 3 is 1.26 bits per heavy atom. The molecule has 3 heteroatoms. The van der Waals surface area contributed by atoms with Gasteiger partial charge in [-0.3, -0.25) is 0 Å². The van der Waals surface area contributed by atoms with Crippen molar-refractivity contribution in [2.75, 3.05) is 6.61 Å². The molecule has 0 bridgehead atoms. The van der Waals surface area contributed by atoms with Gasteiger partial charge in [0.05, 0.1) is 25.7 Å². The maximum atomic E-state index is 9.76. The molecule has 0 aliphatic carbocycles. The molecule has 0 amide bonds. The van der Waals surface area contributed by atoms with Crippen molar-refractivity contribution in [2.45, 2.75) is 148 Å². The van der Waals surface area contributed by atoms with Crippen molar-refractivity contribution < 1.29 is 9.84 Å². The van der Waals surface area contributed by atoms with Crippen molar-refractivity contribution in [3.05, 3.63) is 0 Å². The Labute approximate surface area is 172 Å². The Kier molecular flexibility index (Phi) is 16.9. The zero-order valence-corrected chi connectivity index (χ0v) is 19.2. The molecule has 0 aliphatic heterocycles. The van der Waals surface area contributed by atoms with Crippen LogP contribution in [0.5, 0.6) is 0 Å². The molecule has 1 N–H and O–H groups in total. The average molecular weight is 380 g/mol. The van der Waals surface area contributed by atoms with E-state index in [2.05, 4.69) is 13.8 Å². The normalized spacial score (nSPS) is 12.6. The Hall–Kier alpha value is -0.0151. The fourth-order valence-electron chi connectivity index (χ4n) is 3.44. The van der Waals surface area contributed by atoms with Crippen LogP contribution in [0.2, 0.25) is 6.32 Å². The summed E-state index contributed by atoms with van der Waals surface area (Å²) in [6.45, 7) is 8.29. The molecule has 160 valence electrons. The molecule has 0 aliphatic rings. The Morgan fingerprint density at radius 1 is 0.593 bits per heavy atom. The maximum Gasteiger partial charge on any atom is 0.0824 e. The molecule has 0 saturated carbocycles. The monoisotopic (exact) mass is 380 g/mol. The first-order chi connectivity index (χ1) is 12.8. The van der Waals surface area contributed by atoms with Crippen LogP contribution in [0.4, 0.5) is 0 Å². The van der Waals surface area contributed by atoms with Crippen LogP contribution < -0.4 is 0 Å². The third-order valence-electron chi connectivity index (χ3n) is 5.30. The van der Waals surface area contributed by atoms with Gasteiger partial charge in [0.1, 0.15) is 0 Å². The molecular formula is C24H49BO2. The van der Waals surface area contributed by atoms with Crippen LogP contribution in [0.25, 0.3) is 0 Å². The van der Waals surface area contributed by atoms with Crippen molar-refractivity contribution in [3.63, 3.8) is 0 Å². The van der Waals surface area contributed by atoms with Crippen LogP contribution in [0.15, 0.2) is 0 Å². The zero-order valence-electron chi connectivity index (χ0n) is 19.2. The summed E-state index contributed by atoms with van der Waals surface area (Å²) in [6, 6.07) is 0. The van der Waals surface area contributed by atoms with Gasteiger partial charge in [-0.1, -0.05) is 103 Å². The van der Waals surface area contributed by atoms with E-state index in [-0.39, 0.29) is 5.60 Å². The summed E-state index contributed by atoms with van der Waals surface area (Å²) in [4.78, 5) is 0. The van der Waals surface area contributed by atoms with E-state index in [9.17, 15) is 5.11 Å². The highest BCUT2D eigenvalue weighted by Crippen LogP contribution is 2.21. The number of unbranched alkanes of at least 4 members (excludes halogenated alkanes) is 14. The summed E-state index contributed by atoms with van der Waals surface area (Å²) in [5.74, 6) is 0. The minimum absolute atomic E-state index is 0.121. The van der Waals surface area contributed by atoms with E-state index >= 15 is 0 Å². The standard InChI is InChI=1S/C24H49BO2/c1-23(2,26)22-27-24(3,4)20-18-16-14-12-10-8-6-5-7-9-11-13-15-17-19-21-25/h26H,5-22H2,1-4H3. The van der Waals surface area contributed by atoms with Crippen molar-refractivity contribution in [1.29, 1.82) is 0 Å². The minimum Gasteiger partial charge on any atom is -0.388 e. The third-order valence-corrected chi connectivity index (χ3v) is 5.30. The fraction of sp³-hybridized carbons (Fsp3) is 1.00. The van der Waals surface area contributed by atoms with Crippen molar-refractivity contribution >= 4 is 7.85 Å².